The van der Waals surface area contributed by atoms with E-state index in [9.17, 15) is 0 Å². The molecular formula is C17H28N2O. The zero-order valence-electron chi connectivity index (χ0n) is 12.7. The highest BCUT2D eigenvalue weighted by Gasteiger charge is 2.08. The molecule has 1 aromatic rings. The lowest BCUT2D eigenvalue weighted by atomic mass is 10.1. The highest BCUT2D eigenvalue weighted by atomic mass is 16.5. The molecule has 1 aliphatic heterocycles. The van der Waals surface area contributed by atoms with Gasteiger partial charge >= 0.3 is 0 Å². The summed E-state index contributed by atoms with van der Waals surface area (Å²) in [5.74, 6) is 0.938. The summed E-state index contributed by atoms with van der Waals surface area (Å²) in [5, 5.41) is 3.56. The van der Waals surface area contributed by atoms with Gasteiger partial charge in [-0.2, -0.15) is 0 Å². The minimum Gasteiger partial charge on any atom is -0.497 e. The second kappa shape index (κ2) is 8.98. The first-order valence-electron chi connectivity index (χ1n) is 7.94. The monoisotopic (exact) mass is 276 g/mol. The van der Waals surface area contributed by atoms with E-state index in [0.29, 0.717) is 0 Å². The first kappa shape index (κ1) is 15.3. The molecular weight excluding hydrogens is 248 g/mol. The number of ether oxygens (including phenoxy) is 1. The van der Waals surface area contributed by atoms with Crippen LogP contribution < -0.4 is 10.1 Å². The van der Waals surface area contributed by atoms with E-state index in [1.165, 1.54) is 50.9 Å². The van der Waals surface area contributed by atoms with Gasteiger partial charge in [-0.1, -0.05) is 18.6 Å². The van der Waals surface area contributed by atoms with E-state index >= 15 is 0 Å². The number of rotatable bonds is 8. The predicted octanol–water partition coefficient (Wildman–Crippen LogP) is 2.70. The van der Waals surface area contributed by atoms with Gasteiger partial charge < -0.3 is 15.0 Å². The highest BCUT2D eigenvalue weighted by molar-refractivity contribution is 5.27. The fourth-order valence-electron chi connectivity index (χ4n) is 2.75. The number of nitrogens with zero attached hydrogens (tertiary/aromatic N) is 1. The third-order valence-corrected chi connectivity index (χ3v) is 4.03. The van der Waals surface area contributed by atoms with Gasteiger partial charge in [-0.3, -0.25) is 0 Å². The van der Waals surface area contributed by atoms with Crippen molar-refractivity contribution in [2.24, 2.45) is 0 Å². The molecule has 0 bridgehead atoms. The van der Waals surface area contributed by atoms with Gasteiger partial charge in [-0.25, -0.2) is 0 Å². The Morgan fingerprint density at radius 1 is 1.05 bits per heavy atom. The summed E-state index contributed by atoms with van der Waals surface area (Å²) in [5.41, 5.74) is 1.39. The van der Waals surface area contributed by atoms with Crippen molar-refractivity contribution in [3.8, 4) is 5.75 Å². The average Bonchev–Trinajstić information content (AvgIpc) is 2.52. The lowest BCUT2D eigenvalue weighted by Crippen LogP contribution is -2.36. The van der Waals surface area contributed by atoms with Crippen molar-refractivity contribution in [3.05, 3.63) is 29.8 Å². The first-order chi connectivity index (χ1) is 9.88. The van der Waals surface area contributed by atoms with Crippen LogP contribution in [-0.2, 0) is 6.42 Å². The maximum Gasteiger partial charge on any atom is 0.118 e. The summed E-state index contributed by atoms with van der Waals surface area (Å²) in [6, 6.07) is 8.40. The molecule has 112 valence electrons. The van der Waals surface area contributed by atoms with Gasteiger partial charge in [0.1, 0.15) is 5.75 Å². The van der Waals surface area contributed by atoms with E-state index in [2.05, 4.69) is 22.3 Å². The normalized spacial score (nSPS) is 16.2. The molecule has 0 saturated carbocycles. The Hall–Kier alpha value is -1.06. The Morgan fingerprint density at radius 3 is 2.50 bits per heavy atom. The van der Waals surface area contributed by atoms with Crippen LogP contribution in [0.25, 0.3) is 0 Å². The molecule has 1 aromatic carbocycles. The van der Waals surface area contributed by atoms with E-state index in [1.54, 1.807) is 7.11 Å². The van der Waals surface area contributed by atoms with Crippen molar-refractivity contribution in [2.75, 3.05) is 39.8 Å². The number of benzene rings is 1. The number of hydrogen-bond acceptors (Lipinski definition) is 3. The minimum atomic E-state index is 0.938. The summed E-state index contributed by atoms with van der Waals surface area (Å²) in [7, 11) is 1.71. The molecule has 3 nitrogen and oxygen atoms in total. The van der Waals surface area contributed by atoms with Gasteiger partial charge in [0.05, 0.1) is 7.11 Å². The van der Waals surface area contributed by atoms with Crippen molar-refractivity contribution < 1.29 is 4.74 Å². The average molecular weight is 276 g/mol. The summed E-state index contributed by atoms with van der Waals surface area (Å²) in [6.45, 7) is 6.05. The fraction of sp³-hybridized carbons (Fsp3) is 0.647. The standard InChI is InChI=1S/C17H28N2O/c1-20-17-9-7-16(8-10-17)6-5-11-18-12-15-19-13-3-2-4-14-19/h7-10,18H,2-6,11-15H2,1H3. The van der Waals surface area contributed by atoms with Crippen LogP contribution >= 0.6 is 0 Å². The van der Waals surface area contributed by atoms with Crippen LogP contribution in [0.2, 0.25) is 0 Å². The molecule has 1 fully saturated rings. The Labute approximate surface area is 123 Å². The van der Waals surface area contributed by atoms with E-state index in [4.69, 9.17) is 4.74 Å². The second-order valence-electron chi connectivity index (χ2n) is 5.60. The number of likely N-dealkylation sites (tertiary alicyclic amines) is 1. The largest absolute Gasteiger partial charge is 0.497 e. The smallest absolute Gasteiger partial charge is 0.118 e. The molecule has 1 aliphatic rings. The van der Waals surface area contributed by atoms with Crippen molar-refractivity contribution in [2.45, 2.75) is 32.1 Å². The number of aryl methyl sites for hydroxylation is 1. The van der Waals surface area contributed by atoms with Crippen LogP contribution in [-0.4, -0.2) is 44.7 Å². The Kier molecular flexibility index (Phi) is 6.89. The second-order valence-corrected chi connectivity index (χ2v) is 5.60. The quantitative estimate of drug-likeness (QED) is 0.739. The van der Waals surface area contributed by atoms with Gasteiger partial charge in [-0.05, 0) is 63.0 Å². The number of nitrogens with one attached hydrogen (secondary N) is 1. The maximum absolute atomic E-state index is 5.17. The number of piperidine rings is 1. The van der Waals surface area contributed by atoms with Crippen LogP contribution in [0.1, 0.15) is 31.2 Å². The van der Waals surface area contributed by atoms with Gasteiger partial charge in [0.2, 0.25) is 0 Å². The third-order valence-electron chi connectivity index (χ3n) is 4.03. The molecule has 0 spiro atoms. The van der Waals surface area contributed by atoms with Gasteiger partial charge in [0.15, 0.2) is 0 Å². The van der Waals surface area contributed by atoms with Crippen molar-refractivity contribution in [3.63, 3.8) is 0 Å². The zero-order valence-corrected chi connectivity index (χ0v) is 12.7. The molecule has 1 heterocycles. The van der Waals surface area contributed by atoms with E-state index in [-0.39, 0.29) is 0 Å². The molecule has 1 N–H and O–H groups in total. The lowest BCUT2D eigenvalue weighted by molar-refractivity contribution is 0.229. The molecule has 0 aliphatic carbocycles. The molecule has 2 rings (SSSR count). The Morgan fingerprint density at radius 2 is 1.80 bits per heavy atom. The topological polar surface area (TPSA) is 24.5 Å². The Balaban J connectivity index is 1.50. The summed E-state index contributed by atoms with van der Waals surface area (Å²) >= 11 is 0. The van der Waals surface area contributed by atoms with E-state index < -0.39 is 0 Å². The molecule has 20 heavy (non-hydrogen) atoms. The van der Waals surface area contributed by atoms with Crippen LogP contribution in [0, 0.1) is 0 Å². The molecule has 1 saturated heterocycles. The zero-order chi connectivity index (χ0) is 14.0. The van der Waals surface area contributed by atoms with Crippen molar-refractivity contribution >= 4 is 0 Å². The lowest BCUT2D eigenvalue weighted by Gasteiger charge is -2.26. The highest BCUT2D eigenvalue weighted by Crippen LogP contribution is 2.12. The molecule has 0 atom stereocenters. The van der Waals surface area contributed by atoms with E-state index in [1.807, 2.05) is 12.1 Å². The number of methoxy groups -OCH3 is 1. The van der Waals surface area contributed by atoms with Crippen LogP contribution in [0.5, 0.6) is 5.75 Å². The summed E-state index contributed by atoms with van der Waals surface area (Å²) < 4.78 is 5.17. The van der Waals surface area contributed by atoms with Crippen LogP contribution in [0.4, 0.5) is 0 Å². The summed E-state index contributed by atoms with van der Waals surface area (Å²) in [4.78, 5) is 2.58. The molecule has 0 aromatic heterocycles. The predicted molar refractivity (Wildman–Crippen MR) is 84.5 cm³/mol. The molecule has 0 unspecified atom stereocenters. The molecule has 0 radical (unpaired) electrons. The summed E-state index contributed by atoms with van der Waals surface area (Å²) in [6.07, 6.45) is 6.54. The van der Waals surface area contributed by atoms with E-state index in [0.717, 1.165) is 25.3 Å². The van der Waals surface area contributed by atoms with Crippen LogP contribution in [0.3, 0.4) is 0 Å². The molecule has 3 heteroatoms. The SMILES string of the molecule is COc1ccc(CCCNCCN2CCCCC2)cc1. The Bertz CT molecular complexity index is 358. The molecule has 0 amide bonds. The van der Waals surface area contributed by atoms with Gasteiger partial charge in [-0.15, -0.1) is 0 Å². The fourth-order valence-corrected chi connectivity index (χ4v) is 2.75. The van der Waals surface area contributed by atoms with Gasteiger partial charge in [0, 0.05) is 13.1 Å². The van der Waals surface area contributed by atoms with Crippen LogP contribution in [0.15, 0.2) is 24.3 Å². The first-order valence-corrected chi connectivity index (χ1v) is 7.94. The number of hydrogen-bond donors (Lipinski definition) is 1. The van der Waals surface area contributed by atoms with Crippen molar-refractivity contribution in [1.82, 2.24) is 10.2 Å². The van der Waals surface area contributed by atoms with Gasteiger partial charge in [0.25, 0.3) is 0 Å². The minimum absolute atomic E-state index is 0.938. The van der Waals surface area contributed by atoms with Crippen molar-refractivity contribution in [1.29, 1.82) is 0 Å². The third kappa shape index (κ3) is 5.51. The maximum atomic E-state index is 5.17.